The van der Waals surface area contributed by atoms with Gasteiger partial charge in [0.05, 0.1) is 6.04 Å². The van der Waals surface area contributed by atoms with Crippen LogP contribution in [0.25, 0.3) is 0 Å². The summed E-state index contributed by atoms with van der Waals surface area (Å²) >= 11 is 7.74. The summed E-state index contributed by atoms with van der Waals surface area (Å²) in [5, 5.41) is 0.607. The lowest BCUT2D eigenvalue weighted by atomic mass is 10.1. The van der Waals surface area contributed by atoms with E-state index in [2.05, 4.69) is 19.1 Å². The molecule has 1 amide bonds. The molecule has 0 saturated carbocycles. The van der Waals surface area contributed by atoms with E-state index in [9.17, 15) is 4.79 Å². The number of amides is 1. The number of carbonyl (C=O) groups excluding carboxylic acids is 1. The molecule has 1 aromatic heterocycles. The van der Waals surface area contributed by atoms with Gasteiger partial charge < -0.3 is 9.64 Å². The number of nitrogens with zero attached hydrogens (tertiary/aromatic N) is 1. The van der Waals surface area contributed by atoms with Crippen molar-refractivity contribution in [3.63, 3.8) is 0 Å². The quantitative estimate of drug-likeness (QED) is 0.790. The summed E-state index contributed by atoms with van der Waals surface area (Å²) in [5.74, 6) is 0.666. The van der Waals surface area contributed by atoms with Crippen molar-refractivity contribution >= 4 is 28.8 Å². The Bertz CT molecular complexity index is 700. The Hall–Kier alpha value is -1.52. The first-order chi connectivity index (χ1) is 11.0. The van der Waals surface area contributed by atoms with Gasteiger partial charge in [0, 0.05) is 21.3 Å². The average molecular weight is 350 g/mol. The molecule has 5 heteroatoms. The van der Waals surface area contributed by atoms with Gasteiger partial charge in [-0.1, -0.05) is 17.7 Å². The minimum atomic E-state index is -0.518. The van der Waals surface area contributed by atoms with Gasteiger partial charge in [-0.25, -0.2) is 0 Å². The van der Waals surface area contributed by atoms with Crippen LogP contribution in [-0.4, -0.2) is 23.5 Å². The van der Waals surface area contributed by atoms with Gasteiger partial charge in [-0.3, -0.25) is 4.79 Å². The van der Waals surface area contributed by atoms with Crippen molar-refractivity contribution in [2.24, 2.45) is 0 Å². The molecular weight excluding hydrogens is 330 g/mol. The van der Waals surface area contributed by atoms with E-state index in [1.54, 1.807) is 30.4 Å². The molecule has 1 aliphatic rings. The van der Waals surface area contributed by atoms with Crippen molar-refractivity contribution in [3.05, 3.63) is 51.2 Å². The smallest absolute Gasteiger partial charge is 0.263 e. The minimum Gasteiger partial charge on any atom is -0.481 e. The molecule has 2 atom stereocenters. The number of carbonyl (C=O) groups is 1. The van der Waals surface area contributed by atoms with E-state index >= 15 is 0 Å². The van der Waals surface area contributed by atoms with Crippen LogP contribution in [0.5, 0.6) is 5.75 Å². The highest BCUT2D eigenvalue weighted by Gasteiger charge is 2.33. The van der Waals surface area contributed by atoms with Crippen molar-refractivity contribution in [1.82, 2.24) is 4.90 Å². The van der Waals surface area contributed by atoms with Gasteiger partial charge in [0.1, 0.15) is 5.75 Å². The van der Waals surface area contributed by atoms with Crippen LogP contribution >= 0.6 is 22.9 Å². The number of halogens is 1. The van der Waals surface area contributed by atoms with Crippen LogP contribution in [0.2, 0.25) is 5.02 Å². The molecule has 0 N–H and O–H groups in total. The molecule has 1 saturated heterocycles. The fraction of sp³-hybridized carbons (Fsp3) is 0.389. The zero-order valence-corrected chi connectivity index (χ0v) is 14.9. The third kappa shape index (κ3) is 3.70. The van der Waals surface area contributed by atoms with Crippen LogP contribution in [0.15, 0.2) is 36.4 Å². The predicted octanol–water partition coefficient (Wildman–Crippen LogP) is 4.84. The summed E-state index contributed by atoms with van der Waals surface area (Å²) < 4.78 is 5.79. The highest BCUT2D eigenvalue weighted by molar-refractivity contribution is 7.12. The molecular formula is C18H20ClNO2S. The van der Waals surface area contributed by atoms with Gasteiger partial charge in [0.2, 0.25) is 0 Å². The molecule has 0 bridgehead atoms. The Balaban J connectivity index is 1.71. The van der Waals surface area contributed by atoms with E-state index in [4.69, 9.17) is 16.3 Å². The van der Waals surface area contributed by atoms with Crippen molar-refractivity contribution in [3.8, 4) is 5.75 Å². The van der Waals surface area contributed by atoms with Crippen LogP contribution in [-0.2, 0) is 4.79 Å². The molecule has 2 aromatic rings. The van der Waals surface area contributed by atoms with Gasteiger partial charge in [0.25, 0.3) is 5.91 Å². The van der Waals surface area contributed by atoms with Crippen molar-refractivity contribution in [2.45, 2.75) is 38.8 Å². The summed E-state index contributed by atoms with van der Waals surface area (Å²) in [6.45, 7) is 4.70. The van der Waals surface area contributed by atoms with E-state index in [0.717, 1.165) is 19.4 Å². The fourth-order valence-corrected chi connectivity index (χ4v) is 4.19. The first-order valence-corrected chi connectivity index (χ1v) is 9.03. The normalized spacial score (nSPS) is 18.9. The highest BCUT2D eigenvalue weighted by atomic mass is 35.5. The Labute approximate surface area is 145 Å². The van der Waals surface area contributed by atoms with Crippen LogP contribution in [0.3, 0.4) is 0 Å². The van der Waals surface area contributed by atoms with Gasteiger partial charge in [-0.05, 0) is 57.0 Å². The van der Waals surface area contributed by atoms with E-state index in [-0.39, 0.29) is 11.9 Å². The molecule has 23 heavy (non-hydrogen) atoms. The highest BCUT2D eigenvalue weighted by Crippen LogP contribution is 2.36. The van der Waals surface area contributed by atoms with Gasteiger partial charge >= 0.3 is 0 Å². The standard InChI is InChI=1S/C18H20ClNO2S/c1-12-8-9-17(23-12)16-7-4-10-20(16)18(21)13(2)22-15-6-3-5-14(19)11-15/h3,5-6,8-9,11,13,16H,4,7,10H2,1-2H3. The summed E-state index contributed by atoms with van der Waals surface area (Å²) in [6.07, 6.45) is 1.54. The summed E-state index contributed by atoms with van der Waals surface area (Å²) in [4.78, 5) is 17.3. The topological polar surface area (TPSA) is 29.5 Å². The molecule has 1 aromatic carbocycles. The van der Waals surface area contributed by atoms with E-state index in [1.165, 1.54) is 9.75 Å². The first kappa shape index (κ1) is 16.3. The summed E-state index contributed by atoms with van der Waals surface area (Å²) in [6, 6.07) is 11.6. The zero-order chi connectivity index (χ0) is 16.4. The number of thiophene rings is 1. The number of hydrogen-bond donors (Lipinski definition) is 0. The Morgan fingerprint density at radius 3 is 2.91 bits per heavy atom. The van der Waals surface area contributed by atoms with Gasteiger partial charge in [-0.15, -0.1) is 11.3 Å². The maximum atomic E-state index is 12.8. The number of hydrogen-bond acceptors (Lipinski definition) is 3. The second kappa shape index (κ2) is 6.93. The van der Waals surface area contributed by atoms with Crippen LogP contribution in [0.1, 0.15) is 35.6 Å². The van der Waals surface area contributed by atoms with Crippen LogP contribution in [0.4, 0.5) is 0 Å². The second-order valence-corrected chi connectivity index (χ2v) is 7.61. The average Bonchev–Trinajstić information content (AvgIpc) is 3.14. The van der Waals surface area contributed by atoms with Gasteiger partial charge in [-0.2, -0.15) is 0 Å². The lowest BCUT2D eigenvalue weighted by Gasteiger charge is -2.27. The largest absolute Gasteiger partial charge is 0.481 e. The van der Waals surface area contributed by atoms with Crippen LogP contribution < -0.4 is 4.74 Å². The van der Waals surface area contributed by atoms with E-state index < -0.39 is 6.10 Å². The van der Waals surface area contributed by atoms with Crippen molar-refractivity contribution < 1.29 is 9.53 Å². The maximum Gasteiger partial charge on any atom is 0.263 e. The van der Waals surface area contributed by atoms with Crippen molar-refractivity contribution in [2.75, 3.05) is 6.54 Å². The maximum absolute atomic E-state index is 12.8. The first-order valence-electron chi connectivity index (χ1n) is 7.83. The van der Waals surface area contributed by atoms with Gasteiger partial charge in [0.15, 0.2) is 6.10 Å². The fourth-order valence-electron chi connectivity index (χ4n) is 2.99. The second-order valence-electron chi connectivity index (χ2n) is 5.86. The SMILES string of the molecule is Cc1ccc(C2CCCN2C(=O)C(C)Oc2cccc(Cl)c2)s1. The summed E-state index contributed by atoms with van der Waals surface area (Å²) in [5.41, 5.74) is 0. The Morgan fingerprint density at radius 2 is 2.22 bits per heavy atom. The predicted molar refractivity (Wildman–Crippen MR) is 94.3 cm³/mol. The summed E-state index contributed by atoms with van der Waals surface area (Å²) in [7, 11) is 0. The number of benzene rings is 1. The Morgan fingerprint density at radius 1 is 1.39 bits per heavy atom. The molecule has 0 radical (unpaired) electrons. The molecule has 2 unspecified atom stereocenters. The van der Waals surface area contributed by atoms with Crippen LogP contribution in [0, 0.1) is 6.92 Å². The lowest BCUT2D eigenvalue weighted by molar-refractivity contribution is -0.138. The molecule has 2 heterocycles. The molecule has 0 spiro atoms. The number of aryl methyl sites for hydroxylation is 1. The zero-order valence-electron chi connectivity index (χ0n) is 13.3. The molecule has 3 rings (SSSR count). The van der Waals surface area contributed by atoms with E-state index in [1.807, 2.05) is 17.0 Å². The number of ether oxygens (including phenoxy) is 1. The van der Waals surface area contributed by atoms with Crippen molar-refractivity contribution in [1.29, 1.82) is 0 Å². The minimum absolute atomic E-state index is 0.0403. The molecule has 0 aliphatic carbocycles. The molecule has 1 aliphatic heterocycles. The number of likely N-dealkylation sites (tertiary alicyclic amines) is 1. The third-order valence-corrected chi connectivity index (χ3v) is 5.42. The monoisotopic (exact) mass is 349 g/mol. The molecule has 3 nitrogen and oxygen atoms in total. The third-order valence-electron chi connectivity index (χ3n) is 4.08. The molecule has 1 fully saturated rings. The number of rotatable bonds is 4. The lowest BCUT2D eigenvalue weighted by Crippen LogP contribution is -2.39. The van der Waals surface area contributed by atoms with E-state index in [0.29, 0.717) is 10.8 Å². The Kier molecular flexibility index (Phi) is 4.93. The molecule has 122 valence electrons.